The van der Waals surface area contributed by atoms with E-state index in [1.54, 1.807) is 0 Å². The highest BCUT2D eigenvalue weighted by Gasteiger charge is 2.44. The van der Waals surface area contributed by atoms with Crippen LogP contribution in [0, 0.1) is 11.3 Å². The molecule has 164 valence electrons. The summed E-state index contributed by atoms with van der Waals surface area (Å²) in [5.74, 6) is -0.364. The second-order valence-electron chi connectivity index (χ2n) is 7.44. The normalized spacial score (nSPS) is 25.7. The maximum absolute atomic E-state index is 13.0. The molecule has 0 spiro atoms. The summed E-state index contributed by atoms with van der Waals surface area (Å²) in [6.45, 7) is 4.14. The van der Waals surface area contributed by atoms with Gasteiger partial charge in [0.05, 0.1) is 11.6 Å². The van der Waals surface area contributed by atoms with E-state index in [2.05, 4.69) is 21.7 Å². The molecule has 30 heavy (non-hydrogen) atoms. The lowest BCUT2D eigenvalue weighted by Gasteiger charge is -2.32. The van der Waals surface area contributed by atoms with E-state index < -0.39 is 21.6 Å². The Morgan fingerprint density at radius 3 is 2.13 bits per heavy atom. The highest BCUT2D eigenvalue weighted by atomic mass is 32.2. The summed E-state index contributed by atoms with van der Waals surface area (Å²) in [6.07, 6.45) is -4.01. The van der Waals surface area contributed by atoms with Gasteiger partial charge in [-0.15, -0.1) is 13.2 Å². The van der Waals surface area contributed by atoms with Gasteiger partial charge in [-0.2, -0.15) is 5.26 Å². The summed E-state index contributed by atoms with van der Waals surface area (Å²) >= 11 is 0. The van der Waals surface area contributed by atoms with Gasteiger partial charge in [-0.05, 0) is 62.1 Å². The van der Waals surface area contributed by atoms with Crippen molar-refractivity contribution in [3.05, 3.63) is 35.4 Å². The van der Waals surface area contributed by atoms with Gasteiger partial charge in [0.1, 0.15) is 11.0 Å². The van der Waals surface area contributed by atoms with Crippen molar-refractivity contribution in [2.45, 2.75) is 50.4 Å². The number of allylic oxidation sites excluding steroid dienone is 1. The van der Waals surface area contributed by atoms with Crippen molar-refractivity contribution in [1.82, 2.24) is 15.2 Å². The summed E-state index contributed by atoms with van der Waals surface area (Å²) in [5.41, 5.74) is 7.53. The zero-order chi connectivity index (χ0) is 22.1. The molecule has 0 bridgehead atoms. The van der Waals surface area contributed by atoms with Gasteiger partial charge in [0.2, 0.25) is 10.0 Å². The quantitative estimate of drug-likeness (QED) is 0.694. The average Bonchev–Trinajstić information content (AvgIpc) is 3.02. The number of nitriles is 1. The minimum Gasteiger partial charge on any atom is -0.406 e. The third-order valence-electron chi connectivity index (χ3n) is 5.40. The molecular weight excluding hydrogens is 421 g/mol. The number of alkyl halides is 3. The molecule has 3 rings (SSSR count). The lowest BCUT2D eigenvalue weighted by Crippen LogP contribution is -2.48. The van der Waals surface area contributed by atoms with Crippen LogP contribution in [0.1, 0.15) is 32.3 Å². The molecule has 2 heterocycles. The maximum Gasteiger partial charge on any atom is 0.573 e. The Hall–Kier alpha value is -2.13. The largest absolute Gasteiger partial charge is 0.573 e. The fourth-order valence-corrected chi connectivity index (χ4v) is 6.18. The molecule has 2 unspecified atom stereocenters. The van der Waals surface area contributed by atoms with Gasteiger partial charge in [-0.25, -0.2) is 12.7 Å². The molecule has 2 saturated heterocycles. The molecule has 0 aromatic heterocycles. The smallest absolute Gasteiger partial charge is 0.406 e. The first-order valence-electron chi connectivity index (χ1n) is 9.51. The number of benzene rings is 1. The molecular formula is C19H23F3N4O3S. The molecule has 0 amide bonds. The lowest BCUT2D eigenvalue weighted by atomic mass is 9.94. The number of rotatable bonds is 4. The molecule has 2 atom stereocenters. The van der Waals surface area contributed by atoms with Crippen LogP contribution in [0.25, 0.3) is 5.57 Å². The number of piperidine rings is 1. The van der Waals surface area contributed by atoms with Crippen LogP contribution in [0.3, 0.4) is 0 Å². The van der Waals surface area contributed by atoms with Crippen LogP contribution in [-0.4, -0.2) is 49.5 Å². The van der Waals surface area contributed by atoms with E-state index in [-0.39, 0.29) is 30.9 Å². The Morgan fingerprint density at radius 1 is 1.13 bits per heavy atom. The van der Waals surface area contributed by atoms with Crippen molar-refractivity contribution < 1.29 is 26.3 Å². The highest BCUT2D eigenvalue weighted by Crippen LogP contribution is 2.31. The van der Waals surface area contributed by atoms with Crippen molar-refractivity contribution in [3.63, 3.8) is 0 Å². The third kappa shape index (κ3) is 4.78. The molecule has 2 fully saturated rings. The van der Waals surface area contributed by atoms with E-state index >= 15 is 0 Å². The van der Waals surface area contributed by atoms with Crippen molar-refractivity contribution in [2.75, 3.05) is 13.1 Å². The van der Waals surface area contributed by atoms with Crippen LogP contribution < -0.4 is 15.6 Å². The molecule has 2 aliphatic rings. The average molecular weight is 444 g/mol. The second-order valence-corrected chi connectivity index (χ2v) is 9.53. The van der Waals surface area contributed by atoms with E-state index in [9.17, 15) is 26.9 Å². The molecule has 0 aliphatic carbocycles. The van der Waals surface area contributed by atoms with E-state index in [0.29, 0.717) is 24.0 Å². The molecule has 2 N–H and O–H groups in total. The first-order valence-corrected chi connectivity index (χ1v) is 11.0. The molecule has 0 saturated carbocycles. The number of nitrogens with one attached hydrogen (secondary N) is 2. The van der Waals surface area contributed by atoms with Crippen LogP contribution in [-0.2, 0) is 10.0 Å². The van der Waals surface area contributed by atoms with Crippen LogP contribution >= 0.6 is 0 Å². The number of nitrogens with zero attached hydrogens (tertiary/aromatic N) is 2. The summed E-state index contributed by atoms with van der Waals surface area (Å²) in [7, 11) is -3.52. The third-order valence-corrected chi connectivity index (χ3v) is 7.99. The Labute approximate surface area is 173 Å². The fourth-order valence-electron chi connectivity index (χ4n) is 3.98. The Morgan fingerprint density at radius 2 is 1.67 bits per heavy atom. The Kier molecular flexibility index (Phi) is 6.43. The van der Waals surface area contributed by atoms with Gasteiger partial charge in [-0.1, -0.05) is 0 Å². The van der Waals surface area contributed by atoms with Crippen LogP contribution in [0.15, 0.2) is 29.8 Å². The molecule has 11 heteroatoms. The monoisotopic (exact) mass is 444 g/mol. The van der Waals surface area contributed by atoms with E-state index in [1.165, 1.54) is 16.4 Å². The molecule has 7 nitrogen and oxygen atoms in total. The minimum absolute atomic E-state index is 0.228. The van der Waals surface area contributed by atoms with E-state index in [0.717, 1.165) is 17.7 Å². The van der Waals surface area contributed by atoms with Gasteiger partial charge in [-0.3, -0.25) is 10.9 Å². The van der Waals surface area contributed by atoms with Crippen molar-refractivity contribution in [1.29, 1.82) is 5.26 Å². The van der Waals surface area contributed by atoms with Crippen molar-refractivity contribution >= 4 is 15.6 Å². The van der Waals surface area contributed by atoms with Gasteiger partial charge < -0.3 is 4.74 Å². The fraction of sp³-hybridized carbons (Fsp3) is 0.526. The molecule has 0 radical (unpaired) electrons. The number of ether oxygens (including phenoxy) is 1. The van der Waals surface area contributed by atoms with Crippen LogP contribution in [0.4, 0.5) is 13.2 Å². The topological polar surface area (TPSA) is 94.5 Å². The van der Waals surface area contributed by atoms with Crippen molar-refractivity contribution in [3.8, 4) is 11.8 Å². The van der Waals surface area contributed by atoms with E-state index in [4.69, 9.17) is 0 Å². The predicted octanol–water partition coefficient (Wildman–Crippen LogP) is 2.54. The summed E-state index contributed by atoms with van der Waals surface area (Å²) in [6, 6.07) is 6.76. The predicted molar refractivity (Wildman–Crippen MR) is 104 cm³/mol. The molecule has 1 aromatic rings. The summed E-state index contributed by atoms with van der Waals surface area (Å²) < 4.78 is 68.3. The summed E-state index contributed by atoms with van der Waals surface area (Å²) in [4.78, 5) is 0. The standard InChI is InChI=1S/C19H23F3N4O3S/c1-12-18(13(2)25-24-12)30(27,28)26-9-7-15(8-10-26)17(11-23)14-3-5-16(6-4-14)29-19(20,21)22/h3-6,12-13,18,24-25H,7-10H2,1-2H3. The van der Waals surface area contributed by atoms with Gasteiger partial charge in [0.15, 0.2) is 0 Å². The minimum atomic E-state index is -4.78. The van der Waals surface area contributed by atoms with Gasteiger partial charge >= 0.3 is 6.36 Å². The van der Waals surface area contributed by atoms with Crippen LogP contribution in [0.5, 0.6) is 5.75 Å². The zero-order valence-electron chi connectivity index (χ0n) is 16.5. The molecule has 1 aromatic carbocycles. The lowest BCUT2D eigenvalue weighted by molar-refractivity contribution is -0.274. The Bertz CT molecular complexity index is 935. The van der Waals surface area contributed by atoms with Gasteiger partial charge in [0, 0.05) is 25.2 Å². The Balaban J connectivity index is 1.74. The first-order chi connectivity index (χ1) is 14.0. The number of halogens is 3. The first kappa shape index (κ1) is 22.6. The van der Waals surface area contributed by atoms with Crippen LogP contribution in [0.2, 0.25) is 0 Å². The van der Waals surface area contributed by atoms with Crippen molar-refractivity contribution in [2.24, 2.45) is 0 Å². The molecule has 2 aliphatic heterocycles. The number of hydrogen-bond donors (Lipinski definition) is 2. The number of hydrazine groups is 1. The number of sulfonamides is 1. The zero-order valence-corrected chi connectivity index (χ0v) is 17.3. The second kappa shape index (κ2) is 8.55. The van der Waals surface area contributed by atoms with E-state index in [1.807, 2.05) is 13.8 Å². The maximum atomic E-state index is 13.0. The summed E-state index contributed by atoms with van der Waals surface area (Å²) in [5, 5.41) is 9.00. The van der Waals surface area contributed by atoms with Gasteiger partial charge in [0.25, 0.3) is 0 Å². The highest BCUT2D eigenvalue weighted by molar-refractivity contribution is 7.89. The SMILES string of the molecule is CC1NNC(C)C1S(=O)(=O)N1CCC(=C(C#N)c2ccc(OC(F)(F)F)cc2)CC1. The number of hydrogen-bond acceptors (Lipinski definition) is 6.